The molecule has 0 fully saturated rings. The van der Waals surface area contributed by atoms with Gasteiger partial charge in [-0.15, -0.1) is 11.3 Å². The summed E-state index contributed by atoms with van der Waals surface area (Å²) in [5.41, 5.74) is 0.505. The summed E-state index contributed by atoms with van der Waals surface area (Å²) in [6.07, 6.45) is 1.65. The average molecular weight is 246 g/mol. The van der Waals surface area contributed by atoms with Gasteiger partial charge >= 0.3 is 0 Å². The van der Waals surface area contributed by atoms with Crippen molar-refractivity contribution in [3.8, 4) is 0 Å². The second-order valence-corrected chi connectivity index (χ2v) is 4.65. The van der Waals surface area contributed by atoms with E-state index in [-0.39, 0.29) is 5.91 Å². The summed E-state index contributed by atoms with van der Waals surface area (Å²) in [5, 5.41) is 2.02. The molecule has 3 nitrogen and oxygen atoms in total. The van der Waals surface area contributed by atoms with Gasteiger partial charge in [0.05, 0.1) is 6.54 Å². The van der Waals surface area contributed by atoms with E-state index in [2.05, 4.69) is 4.98 Å². The maximum Gasteiger partial charge on any atom is 0.272 e. The van der Waals surface area contributed by atoms with Crippen LogP contribution in [0.4, 0.5) is 0 Å². The maximum atomic E-state index is 12.2. The van der Waals surface area contributed by atoms with E-state index in [0.717, 1.165) is 0 Å². The summed E-state index contributed by atoms with van der Waals surface area (Å²) in [6.45, 7) is 3.32. The first kappa shape index (κ1) is 11.8. The number of pyridine rings is 1. The number of hydrogen-bond acceptors (Lipinski definition) is 3. The third-order valence-electron chi connectivity index (χ3n) is 2.48. The van der Waals surface area contributed by atoms with Gasteiger partial charge in [0.2, 0.25) is 0 Å². The Morgan fingerprint density at radius 1 is 1.35 bits per heavy atom. The molecule has 4 heteroatoms. The first-order chi connectivity index (χ1) is 8.31. The number of carbonyl (C=O) groups is 1. The van der Waals surface area contributed by atoms with E-state index in [4.69, 9.17) is 0 Å². The molecule has 0 saturated heterocycles. The van der Waals surface area contributed by atoms with E-state index in [1.54, 1.807) is 28.5 Å². The summed E-state index contributed by atoms with van der Waals surface area (Å²) in [5.74, 6) is -0.0125. The molecule has 0 aliphatic carbocycles. The number of carbonyl (C=O) groups excluding carboxylic acids is 1. The number of aromatic nitrogens is 1. The molecule has 2 heterocycles. The zero-order chi connectivity index (χ0) is 12.1. The number of thiophene rings is 1. The Morgan fingerprint density at radius 3 is 2.82 bits per heavy atom. The molecule has 88 valence electrons. The highest BCUT2D eigenvalue weighted by atomic mass is 32.1. The molecular weight excluding hydrogens is 232 g/mol. The van der Waals surface area contributed by atoms with Gasteiger partial charge in [-0.3, -0.25) is 9.78 Å². The van der Waals surface area contributed by atoms with E-state index >= 15 is 0 Å². The van der Waals surface area contributed by atoms with Crippen molar-refractivity contribution in [2.75, 3.05) is 6.54 Å². The normalized spacial score (nSPS) is 10.2. The third-order valence-corrected chi connectivity index (χ3v) is 3.34. The second kappa shape index (κ2) is 5.59. The zero-order valence-corrected chi connectivity index (χ0v) is 10.5. The van der Waals surface area contributed by atoms with Crippen LogP contribution in [0, 0.1) is 0 Å². The van der Waals surface area contributed by atoms with E-state index in [1.807, 2.05) is 36.6 Å². The molecule has 0 aliphatic heterocycles. The molecule has 0 unspecified atom stereocenters. The Balaban J connectivity index is 2.11. The minimum Gasteiger partial charge on any atom is -0.332 e. The van der Waals surface area contributed by atoms with Crippen LogP contribution in [0.2, 0.25) is 0 Å². The van der Waals surface area contributed by atoms with Gasteiger partial charge in [-0.25, -0.2) is 0 Å². The molecule has 2 rings (SSSR count). The molecule has 0 radical (unpaired) electrons. The Kier molecular flexibility index (Phi) is 3.88. The van der Waals surface area contributed by atoms with Gasteiger partial charge < -0.3 is 4.90 Å². The Bertz CT molecular complexity index is 467. The van der Waals surface area contributed by atoms with Crippen LogP contribution in [0.3, 0.4) is 0 Å². The highest BCUT2D eigenvalue weighted by molar-refractivity contribution is 7.09. The molecule has 0 aliphatic rings. The SMILES string of the molecule is CCN(Cc1cccs1)C(=O)c1ccccn1. The Hall–Kier alpha value is -1.68. The van der Waals surface area contributed by atoms with E-state index < -0.39 is 0 Å². The van der Waals surface area contributed by atoms with Gasteiger partial charge in [-0.2, -0.15) is 0 Å². The highest BCUT2D eigenvalue weighted by Gasteiger charge is 2.15. The standard InChI is InChI=1S/C13H14N2OS/c1-2-15(10-11-6-5-9-17-11)13(16)12-7-3-4-8-14-12/h3-9H,2,10H2,1H3. The van der Waals surface area contributed by atoms with Crippen molar-refractivity contribution in [2.45, 2.75) is 13.5 Å². The lowest BCUT2D eigenvalue weighted by Gasteiger charge is -2.19. The van der Waals surface area contributed by atoms with E-state index in [1.165, 1.54) is 4.88 Å². The van der Waals surface area contributed by atoms with Crippen molar-refractivity contribution >= 4 is 17.2 Å². The van der Waals surface area contributed by atoms with Crippen LogP contribution in [0.25, 0.3) is 0 Å². The summed E-state index contributed by atoms with van der Waals surface area (Å²) in [4.78, 5) is 19.2. The average Bonchev–Trinajstić information content (AvgIpc) is 2.89. The number of hydrogen-bond donors (Lipinski definition) is 0. The van der Waals surface area contributed by atoms with Gasteiger partial charge in [0.15, 0.2) is 0 Å². The van der Waals surface area contributed by atoms with Gasteiger partial charge in [-0.1, -0.05) is 12.1 Å². The van der Waals surface area contributed by atoms with E-state index in [9.17, 15) is 4.79 Å². The third kappa shape index (κ3) is 2.91. The Morgan fingerprint density at radius 2 is 2.24 bits per heavy atom. The second-order valence-electron chi connectivity index (χ2n) is 3.61. The first-order valence-electron chi connectivity index (χ1n) is 5.54. The molecule has 0 saturated carbocycles. The van der Waals surface area contributed by atoms with Crippen molar-refractivity contribution < 1.29 is 4.79 Å². The fourth-order valence-electron chi connectivity index (χ4n) is 1.57. The van der Waals surface area contributed by atoms with Crippen molar-refractivity contribution in [1.29, 1.82) is 0 Å². The zero-order valence-electron chi connectivity index (χ0n) is 9.67. The fourth-order valence-corrected chi connectivity index (χ4v) is 2.29. The van der Waals surface area contributed by atoms with Crippen LogP contribution in [-0.4, -0.2) is 22.3 Å². The van der Waals surface area contributed by atoms with Crippen LogP contribution in [0.5, 0.6) is 0 Å². The summed E-state index contributed by atoms with van der Waals surface area (Å²) in [6, 6.07) is 9.43. The monoisotopic (exact) mass is 246 g/mol. The molecule has 0 spiro atoms. The fraction of sp³-hybridized carbons (Fsp3) is 0.231. The van der Waals surface area contributed by atoms with Crippen molar-refractivity contribution in [3.63, 3.8) is 0 Å². The van der Waals surface area contributed by atoms with Crippen molar-refractivity contribution in [2.24, 2.45) is 0 Å². The first-order valence-corrected chi connectivity index (χ1v) is 6.42. The van der Waals surface area contributed by atoms with Crippen molar-refractivity contribution in [1.82, 2.24) is 9.88 Å². The lowest BCUT2D eigenvalue weighted by molar-refractivity contribution is 0.0748. The molecule has 17 heavy (non-hydrogen) atoms. The van der Waals surface area contributed by atoms with Crippen LogP contribution < -0.4 is 0 Å². The van der Waals surface area contributed by atoms with Crippen LogP contribution in [0.1, 0.15) is 22.3 Å². The molecule has 0 bridgehead atoms. The molecule has 2 aromatic rings. The molecule has 2 aromatic heterocycles. The van der Waals surface area contributed by atoms with Gasteiger partial charge in [0.25, 0.3) is 5.91 Å². The molecular formula is C13H14N2OS. The topological polar surface area (TPSA) is 33.2 Å². The van der Waals surface area contributed by atoms with Gasteiger partial charge in [-0.05, 0) is 30.5 Å². The summed E-state index contributed by atoms with van der Waals surface area (Å²) < 4.78 is 0. The van der Waals surface area contributed by atoms with Gasteiger partial charge in [0.1, 0.15) is 5.69 Å². The smallest absolute Gasteiger partial charge is 0.272 e. The van der Waals surface area contributed by atoms with E-state index in [0.29, 0.717) is 18.8 Å². The lowest BCUT2D eigenvalue weighted by atomic mass is 10.3. The summed E-state index contributed by atoms with van der Waals surface area (Å²) in [7, 11) is 0. The molecule has 0 atom stereocenters. The number of rotatable bonds is 4. The van der Waals surface area contributed by atoms with Crippen molar-refractivity contribution in [3.05, 3.63) is 52.5 Å². The minimum atomic E-state index is -0.0125. The largest absolute Gasteiger partial charge is 0.332 e. The maximum absolute atomic E-state index is 12.2. The van der Waals surface area contributed by atoms with Crippen LogP contribution >= 0.6 is 11.3 Å². The number of nitrogens with zero attached hydrogens (tertiary/aromatic N) is 2. The quantitative estimate of drug-likeness (QED) is 0.831. The molecule has 1 amide bonds. The van der Waals surface area contributed by atoms with Crippen LogP contribution in [-0.2, 0) is 6.54 Å². The predicted molar refractivity (Wildman–Crippen MR) is 69.0 cm³/mol. The summed E-state index contributed by atoms with van der Waals surface area (Å²) >= 11 is 1.66. The Labute approximate surface area is 105 Å². The minimum absolute atomic E-state index is 0.0125. The highest BCUT2D eigenvalue weighted by Crippen LogP contribution is 2.13. The molecule has 0 N–H and O–H groups in total. The predicted octanol–water partition coefficient (Wildman–Crippen LogP) is 2.81. The number of amides is 1. The molecule has 0 aromatic carbocycles. The lowest BCUT2D eigenvalue weighted by Crippen LogP contribution is -2.30. The van der Waals surface area contributed by atoms with Crippen LogP contribution in [0.15, 0.2) is 41.9 Å². The van der Waals surface area contributed by atoms with Gasteiger partial charge in [0, 0.05) is 17.6 Å².